The molecule has 0 aliphatic rings. The van der Waals surface area contributed by atoms with E-state index in [0.717, 1.165) is 22.2 Å². The Labute approximate surface area is 110 Å². The lowest BCUT2D eigenvalue weighted by atomic mass is 10.3. The molecule has 18 heavy (non-hydrogen) atoms. The zero-order chi connectivity index (χ0) is 13.0. The van der Waals surface area contributed by atoms with Crippen molar-refractivity contribution in [2.24, 2.45) is 5.73 Å². The first kappa shape index (κ1) is 12.9. The molecule has 2 aromatic rings. The van der Waals surface area contributed by atoms with Crippen LogP contribution in [0.15, 0.2) is 29.6 Å². The molecular weight excluding hydrogens is 248 g/mol. The summed E-state index contributed by atoms with van der Waals surface area (Å²) in [5.74, 6) is 1.61. The predicted octanol–water partition coefficient (Wildman–Crippen LogP) is 2.75. The van der Waals surface area contributed by atoms with Crippen molar-refractivity contribution >= 4 is 11.3 Å². The minimum absolute atomic E-state index is 0.0315. The first-order chi connectivity index (χ1) is 8.69. The Balaban J connectivity index is 1.93. The van der Waals surface area contributed by atoms with E-state index in [1.165, 1.54) is 0 Å². The van der Waals surface area contributed by atoms with Crippen LogP contribution in [0.1, 0.15) is 23.7 Å². The van der Waals surface area contributed by atoms with Crippen LogP contribution in [0.25, 0.3) is 0 Å². The number of nitrogens with two attached hydrogens (primary N) is 1. The van der Waals surface area contributed by atoms with Gasteiger partial charge in [-0.2, -0.15) is 0 Å². The summed E-state index contributed by atoms with van der Waals surface area (Å²) in [6.45, 7) is 2.38. The number of nitrogens with zero attached hydrogens (tertiary/aromatic N) is 1. The van der Waals surface area contributed by atoms with Crippen LogP contribution in [-0.2, 0) is 6.61 Å². The Morgan fingerprint density at radius 3 is 2.50 bits per heavy atom. The summed E-state index contributed by atoms with van der Waals surface area (Å²) < 4.78 is 10.7. The second-order valence-corrected chi connectivity index (χ2v) is 4.86. The molecule has 1 unspecified atom stereocenters. The molecule has 1 aromatic heterocycles. The molecule has 4 nitrogen and oxygen atoms in total. The van der Waals surface area contributed by atoms with E-state index in [2.05, 4.69) is 4.98 Å². The topological polar surface area (TPSA) is 57.4 Å². The van der Waals surface area contributed by atoms with Crippen LogP contribution in [0, 0.1) is 0 Å². The first-order valence-electron chi connectivity index (χ1n) is 5.66. The molecule has 0 aliphatic heterocycles. The van der Waals surface area contributed by atoms with Gasteiger partial charge in [0.25, 0.3) is 0 Å². The molecular formula is C13H16N2O2S. The minimum atomic E-state index is -0.0315. The van der Waals surface area contributed by atoms with E-state index >= 15 is 0 Å². The third kappa shape index (κ3) is 3.21. The Bertz CT molecular complexity index is 494. The van der Waals surface area contributed by atoms with Gasteiger partial charge in [-0.1, -0.05) is 0 Å². The summed E-state index contributed by atoms with van der Waals surface area (Å²) in [7, 11) is 1.64. The van der Waals surface area contributed by atoms with Crippen molar-refractivity contribution in [3.05, 3.63) is 40.3 Å². The number of methoxy groups -OCH3 is 1. The van der Waals surface area contributed by atoms with E-state index in [1.807, 2.05) is 36.6 Å². The van der Waals surface area contributed by atoms with E-state index in [-0.39, 0.29) is 6.04 Å². The number of rotatable bonds is 5. The summed E-state index contributed by atoms with van der Waals surface area (Å²) >= 11 is 1.56. The van der Waals surface area contributed by atoms with Crippen molar-refractivity contribution in [2.45, 2.75) is 19.6 Å². The lowest BCUT2D eigenvalue weighted by molar-refractivity contribution is 0.304. The summed E-state index contributed by atoms with van der Waals surface area (Å²) in [5.41, 5.74) is 6.67. The fraction of sp³-hybridized carbons (Fsp3) is 0.308. The molecule has 0 saturated heterocycles. The Kier molecular flexibility index (Phi) is 4.17. The number of benzene rings is 1. The van der Waals surface area contributed by atoms with Crippen LogP contribution in [-0.4, -0.2) is 12.1 Å². The number of hydrogen-bond acceptors (Lipinski definition) is 5. The normalized spacial score (nSPS) is 12.2. The second-order valence-electron chi connectivity index (χ2n) is 3.92. The van der Waals surface area contributed by atoms with Gasteiger partial charge in [0.15, 0.2) is 0 Å². The Hall–Kier alpha value is -1.59. The van der Waals surface area contributed by atoms with Gasteiger partial charge in [-0.3, -0.25) is 0 Å². The van der Waals surface area contributed by atoms with E-state index in [1.54, 1.807) is 18.4 Å². The van der Waals surface area contributed by atoms with Gasteiger partial charge in [-0.05, 0) is 31.2 Å². The molecule has 1 heterocycles. The van der Waals surface area contributed by atoms with Crippen LogP contribution >= 0.6 is 11.3 Å². The van der Waals surface area contributed by atoms with Crippen molar-refractivity contribution in [1.82, 2.24) is 4.98 Å². The smallest absolute Gasteiger partial charge is 0.140 e. The van der Waals surface area contributed by atoms with E-state index in [9.17, 15) is 0 Å². The largest absolute Gasteiger partial charge is 0.497 e. The third-order valence-electron chi connectivity index (χ3n) is 2.46. The van der Waals surface area contributed by atoms with Gasteiger partial charge in [-0.15, -0.1) is 11.3 Å². The Morgan fingerprint density at radius 1 is 1.28 bits per heavy atom. The standard InChI is InChI=1S/C13H16N2O2S/c1-9(14)12-8-18-13(15-12)7-17-11-5-3-10(16-2)4-6-11/h3-6,8-9H,7,14H2,1-2H3. The highest BCUT2D eigenvalue weighted by molar-refractivity contribution is 7.09. The van der Waals surface area contributed by atoms with E-state index < -0.39 is 0 Å². The molecule has 0 radical (unpaired) electrons. The highest BCUT2D eigenvalue weighted by Gasteiger charge is 2.06. The van der Waals surface area contributed by atoms with Crippen molar-refractivity contribution < 1.29 is 9.47 Å². The highest BCUT2D eigenvalue weighted by Crippen LogP contribution is 2.20. The van der Waals surface area contributed by atoms with Crippen LogP contribution in [0.2, 0.25) is 0 Å². The van der Waals surface area contributed by atoms with Gasteiger partial charge >= 0.3 is 0 Å². The van der Waals surface area contributed by atoms with Crippen LogP contribution in [0.3, 0.4) is 0 Å². The van der Waals surface area contributed by atoms with Crippen LogP contribution < -0.4 is 15.2 Å². The molecule has 0 spiro atoms. The summed E-state index contributed by atoms with van der Waals surface area (Å²) in [5, 5.41) is 2.90. The molecule has 0 amide bonds. The lowest BCUT2D eigenvalue weighted by Gasteiger charge is -2.05. The maximum Gasteiger partial charge on any atom is 0.140 e. The van der Waals surface area contributed by atoms with Crippen LogP contribution in [0.4, 0.5) is 0 Å². The van der Waals surface area contributed by atoms with Crippen molar-refractivity contribution in [2.75, 3.05) is 7.11 Å². The Morgan fingerprint density at radius 2 is 1.94 bits per heavy atom. The molecule has 5 heteroatoms. The fourth-order valence-electron chi connectivity index (χ4n) is 1.42. The molecule has 0 fully saturated rings. The zero-order valence-electron chi connectivity index (χ0n) is 10.4. The van der Waals surface area contributed by atoms with Crippen LogP contribution in [0.5, 0.6) is 11.5 Å². The summed E-state index contributed by atoms with van der Waals surface area (Å²) in [6, 6.07) is 7.45. The molecule has 2 rings (SSSR count). The average molecular weight is 264 g/mol. The van der Waals surface area contributed by atoms with Gasteiger partial charge < -0.3 is 15.2 Å². The molecule has 0 saturated carbocycles. The number of aromatic nitrogens is 1. The summed E-state index contributed by atoms with van der Waals surface area (Å²) in [4.78, 5) is 4.40. The zero-order valence-corrected chi connectivity index (χ0v) is 11.2. The van der Waals surface area contributed by atoms with Crippen molar-refractivity contribution in [1.29, 1.82) is 0 Å². The molecule has 1 aromatic carbocycles. The van der Waals surface area contributed by atoms with Gasteiger partial charge in [0.05, 0.1) is 12.8 Å². The molecule has 1 atom stereocenters. The van der Waals surface area contributed by atoms with Gasteiger partial charge in [0, 0.05) is 11.4 Å². The first-order valence-corrected chi connectivity index (χ1v) is 6.53. The third-order valence-corrected chi connectivity index (χ3v) is 3.30. The number of hydrogen-bond donors (Lipinski definition) is 1. The lowest BCUT2D eigenvalue weighted by Crippen LogP contribution is -2.05. The van der Waals surface area contributed by atoms with E-state index in [4.69, 9.17) is 15.2 Å². The van der Waals surface area contributed by atoms with Crippen molar-refractivity contribution in [3.63, 3.8) is 0 Å². The van der Waals surface area contributed by atoms with Gasteiger partial charge in [-0.25, -0.2) is 4.98 Å². The highest BCUT2D eigenvalue weighted by atomic mass is 32.1. The monoisotopic (exact) mass is 264 g/mol. The second kappa shape index (κ2) is 5.84. The molecule has 0 bridgehead atoms. The average Bonchev–Trinajstić information content (AvgIpc) is 2.86. The quantitative estimate of drug-likeness (QED) is 0.902. The molecule has 96 valence electrons. The predicted molar refractivity (Wildman–Crippen MR) is 72.0 cm³/mol. The molecule has 0 aliphatic carbocycles. The minimum Gasteiger partial charge on any atom is -0.497 e. The fourth-order valence-corrected chi connectivity index (χ4v) is 2.23. The van der Waals surface area contributed by atoms with Gasteiger partial charge in [0.2, 0.25) is 0 Å². The maximum atomic E-state index is 5.76. The maximum absolute atomic E-state index is 5.76. The number of thiazole rings is 1. The van der Waals surface area contributed by atoms with Crippen molar-refractivity contribution in [3.8, 4) is 11.5 Å². The van der Waals surface area contributed by atoms with Gasteiger partial charge in [0.1, 0.15) is 23.1 Å². The SMILES string of the molecule is COc1ccc(OCc2nc(C(C)N)cs2)cc1. The molecule has 2 N–H and O–H groups in total. The van der Waals surface area contributed by atoms with E-state index in [0.29, 0.717) is 6.61 Å². The summed E-state index contributed by atoms with van der Waals surface area (Å²) in [6.07, 6.45) is 0. The number of ether oxygens (including phenoxy) is 2.